The van der Waals surface area contributed by atoms with Gasteiger partial charge in [-0.1, -0.05) is 6.42 Å². The van der Waals surface area contributed by atoms with E-state index in [2.05, 4.69) is 11.8 Å². The van der Waals surface area contributed by atoms with E-state index >= 15 is 0 Å². The first-order valence-corrected chi connectivity index (χ1v) is 7.18. The first kappa shape index (κ1) is 17.0. The van der Waals surface area contributed by atoms with Gasteiger partial charge in [-0.2, -0.15) is 0 Å². The van der Waals surface area contributed by atoms with E-state index in [1.165, 1.54) is 20.3 Å². The highest BCUT2D eigenvalue weighted by Crippen LogP contribution is 2.26. The summed E-state index contributed by atoms with van der Waals surface area (Å²) in [7, 11) is 0. The molecule has 21 heavy (non-hydrogen) atoms. The third-order valence-corrected chi connectivity index (χ3v) is 3.01. The lowest BCUT2D eigenvalue weighted by Crippen LogP contribution is -2.05. The first-order valence-electron chi connectivity index (χ1n) is 7.18. The Hall–Kier alpha value is -2.02. The molecule has 1 aliphatic rings. The van der Waals surface area contributed by atoms with Crippen molar-refractivity contribution in [1.29, 1.82) is 0 Å². The highest BCUT2D eigenvalue weighted by atomic mass is 16.5. The standard InChI is InChI=1S/C17H22O4/c1-12(2)16(20-13(3)18)10-11-17(21-14(4)19)15-8-6-5-7-9-15/h5-9H2,1-4H3. The van der Waals surface area contributed by atoms with Crippen LogP contribution in [0, 0.1) is 11.8 Å². The van der Waals surface area contributed by atoms with E-state index in [4.69, 9.17) is 9.47 Å². The molecule has 0 bridgehead atoms. The molecule has 0 aromatic heterocycles. The van der Waals surface area contributed by atoms with Gasteiger partial charge in [-0.3, -0.25) is 9.59 Å². The van der Waals surface area contributed by atoms with Crippen LogP contribution >= 0.6 is 0 Å². The van der Waals surface area contributed by atoms with E-state index in [-0.39, 0.29) is 5.97 Å². The van der Waals surface area contributed by atoms with Crippen molar-refractivity contribution in [1.82, 2.24) is 0 Å². The van der Waals surface area contributed by atoms with Crippen LogP contribution in [0.15, 0.2) is 22.7 Å². The van der Waals surface area contributed by atoms with Gasteiger partial charge in [0.25, 0.3) is 0 Å². The number of hydrogen-bond donors (Lipinski definition) is 0. The van der Waals surface area contributed by atoms with E-state index in [9.17, 15) is 9.59 Å². The van der Waals surface area contributed by atoms with Crippen LogP contribution in [0.3, 0.4) is 0 Å². The number of carbonyl (C=O) groups excluding carboxylic acids is 2. The van der Waals surface area contributed by atoms with Crippen molar-refractivity contribution in [2.45, 2.75) is 59.8 Å². The van der Waals surface area contributed by atoms with Crippen LogP contribution in [-0.4, -0.2) is 11.9 Å². The highest BCUT2D eigenvalue weighted by molar-refractivity contribution is 5.69. The van der Waals surface area contributed by atoms with Gasteiger partial charge in [0.1, 0.15) is 0 Å². The average Bonchev–Trinajstić information content (AvgIpc) is 2.41. The van der Waals surface area contributed by atoms with E-state index in [0.717, 1.165) is 36.8 Å². The lowest BCUT2D eigenvalue weighted by Gasteiger charge is -2.15. The van der Waals surface area contributed by atoms with Crippen LogP contribution in [0.4, 0.5) is 0 Å². The normalized spacial score (nSPS) is 13.6. The first-order chi connectivity index (χ1) is 9.90. The molecule has 0 aliphatic heterocycles. The van der Waals surface area contributed by atoms with Gasteiger partial charge in [0.2, 0.25) is 0 Å². The van der Waals surface area contributed by atoms with Crippen molar-refractivity contribution in [3.8, 4) is 11.8 Å². The fourth-order valence-electron chi connectivity index (χ4n) is 2.05. The van der Waals surface area contributed by atoms with Crippen molar-refractivity contribution in [2.75, 3.05) is 0 Å². The van der Waals surface area contributed by atoms with E-state index < -0.39 is 5.97 Å². The minimum atomic E-state index is -0.417. The molecule has 1 saturated carbocycles. The predicted molar refractivity (Wildman–Crippen MR) is 79.8 cm³/mol. The van der Waals surface area contributed by atoms with Crippen molar-refractivity contribution in [2.24, 2.45) is 0 Å². The summed E-state index contributed by atoms with van der Waals surface area (Å²) in [6, 6.07) is 0. The lowest BCUT2D eigenvalue weighted by molar-refractivity contribution is -0.137. The van der Waals surface area contributed by atoms with Crippen molar-refractivity contribution < 1.29 is 19.1 Å². The summed E-state index contributed by atoms with van der Waals surface area (Å²) in [6.45, 7) is 6.31. The van der Waals surface area contributed by atoms with Crippen LogP contribution in [0.5, 0.6) is 0 Å². The molecule has 0 radical (unpaired) electrons. The molecule has 0 saturated heterocycles. The zero-order valence-electron chi connectivity index (χ0n) is 13.2. The Labute approximate surface area is 126 Å². The molecule has 1 rings (SSSR count). The average molecular weight is 290 g/mol. The van der Waals surface area contributed by atoms with E-state index in [1.807, 2.05) is 13.8 Å². The molecule has 0 heterocycles. The smallest absolute Gasteiger partial charge is 0.308 e. The molecule has 4 nitrogen and oxygen atoms in total. The molecule has 0 spiro atoms. The summed E-state index contributed by atoms with van der Waals surface area (Å²) in [4.78, 5) is 22.3. The number of allylic oxidation sites excluding steroid dienone is 4. The summed E-state index contributed by atoms with van der Waals surface area (Å²) < 4.78 is 10.3. The SMILES string of the molecule is CC(=O)OC(C#CC(OC(C)=O)=C1CCCCC1)=C(C)C. The lowest BCUT2D eigenvalue weighted by atomic mass is 9.94. The van der Waals surface area contributed by atoms with Gasteiger partial charge in [-0.05, 0) is 62.5 Å². The molecule has 1 fully saturated rings. The molecular formula is C17H22O4. The quantitative estimate of drug-likeness (QED) is 0.443. The minimum Gasteiger partial charge on any atom is -0.417 e. The van der Waals surface area contributed by atoms with Crippen LogP contribution in [0.2, 0.25) is 0 Å². The zero-order valence-corrected chi connectivity index (χ0v) is 13.2. The summed E-state index contributed by atoms with van der Waals surface area (Å²) in [5.41, 5.74) is 1.87. The maximum atomic E-state index is 11.2. The summed E-state index contributed by atoms with van der Waals surface area (Å²) >= 11 is 0. The maximum absolute atomic E-state index is 11.2. The molecule has 0 atom stereocenters. The summed E-state index contributed by atoms with van der Waals surface area (Å²) in [6.07, 6.45) is 5.16. The van der Waals surface area contributed by atoms with Crippen molar-refractivity contribution in [3.05, 3.63) is 22.7 Å². The van der Waals surface area contributed by atoms with Gasteiger partial charge < -0.3 is 9.47 Å². The third-order valence-electron chi connectivity index (χ3n) is 3.01. The van der Waals surface area contributed by atoms with Crippen molar-refractivity contribution >= 4 is 11.9 Å². The number of hydrogen-bond acceptors (Lipinski definition) is 4. The maximum Gasteiger partial charge on any atom is 0.308 e. The second kappa shape index (κ2) is 8.31. The monoisotopic (exact) mass is 290 g/mol. The van der Waals surface area contributed by atoms with Gasteiger partial charge >= 0.3 is 11.9 Å². The van der Waals surface area contributed by atoms with Crippen molar-refractivity contribution in [3.63, 3.8) is 0 Å². The molecule has 0 N–H and O–H groups in total. The number of carbonyl (C=O) groups is 2. The Bertz CT molecular complexity index is 529. The molecule has 0 amide bonds. The Morgan fingerprint density at radius 2 is 1.43 bits per heavy atom. The van der Waals surface area contributed by atoms with Crippen LogP contribution < -0.4 is 0 Å². The fourth-order valence-corrected chi connectivity index (χ4v) is 2.05. The second-order valence-electron chi connectivity index (χ2n) is 5.26. The molecular weight excluding hydrogens is 268 g/mol. The molecule has 0 unspecified atom stereocenters. The Morgan fingerprint density at radius 3 is 1.90 bits per heavy atom. The zero-order chi connectivity index (χ0) is 15.8. The summed E-state index contributed by atoms with van der Waals surface area (Å²) in [5.74, 6) is 5.58. The topological polar surface area (TPSA) is 52.6 Å². The predicted octanol–water partition coefficient (Wildman–Crippen LogP) is 3.63. The molecule has 114 valence electrons. The highest BCUT2D eigenvalue weighted by Gasteiger charge is 2.13. The Morgan fingerprint density at radius 1 is 0.857 bits per heavy atom. The third kappa shape index (κ3) is 6.31. The van der Waals surface area contributed by atoms with E-state index in [0.29, 0.717) is 11.5 Å². The van der Waals surface area contributed by atoms with Gasteiger partial charge in [-0.25, -0.2) is 0 Å². The van der Waals surface area contributed by atoms with Gasteiger partial charge in [0.15, 0.2) is 11.5 Å². The largest absolute Gasteiger partial charge is 0.417 e. The molecule has 4 heteroatoms. The van der Waals surface area contributed by atoms with Gasteiger partial charge in [0.05, 0.1) is 0 Å². The molecule has 0 aromatic rings. The minimum absolute atomic E-state index is 0.309. The summed E-state index contributed by atoms with van der Waals surface area (Å²) in [5, 5.41) is 0. The van der Waals surface area contributed by atoms with Crippen LogP contribution in [0.25, 0.3) is 0 Å². The molecule has 1 aliphatic carbocycles. The Kier molecular flexibility index (Phi) is 6.74. The van der Waals surface area contributed by atoms with Crippen LogP contribution in [-0.2, 0) is 19.1 Å². The Balaban J connectivity index is 3.06. The van der Waals surface area contributed by atoms with E-state index in [1.54, 1.807) is 0 Å². The van der Waals surface area contributed by atoms with Gasteiger partial charge in [0, 0.05) is 13.8 Å². The number of esters is 2. The number of ether oxygens (including phenoxy) is 2. The van der Waals surface area contributed by atoms with Crippen LogP contribution in [0.1, 0.15) is 59.8 Å². The molecule has 0 aromatic carbocycles. The fraction of sp³-hybridized carbons (Fsp3) is 0.529. The number of rotatable bonds is 2. The van der Waals surface area contributed by atoms with Gasteiger partial charge in [-0.15, -0.1) is 0 Å². The second-order valence-corrected chi connectivity index (χ2v) is 5.26.